The Labute approximate surface area is 119 Å². The van der Waals surface area contributed by atoms with Crippen molar-refractivity contribution in [1.82, 2.24) is 9.71 Å². The van der Waals surface area contributed by atoms with Crippen molar-refractivity contribution in [2.24, 2.45) is 0 Å². The van der Waals surface area contributed by atoms with Crippen LogP contribution in [-0.2, 0) is 10.0 Å². The van der Waals surface area contributed by atoms with E-state index in [-0.39, 0.29) is 6.07 Å². The zero-order valence-electron chi connectivity index (χ0n) is 10.8. The molecule has 2 aromatic rings. The van der Waals surface area contributed by atoms with Crippen LogP contribution in [0.15, 0.2) is 41.6 Å². The van der Waals surface area contributed by atoms with E-state index < -0.39 is 38.4 Å². The summed E-state index contributed by atoms with van der Waals surface area (Å²) in [6, 6.07) is 3.03. The molecule has 1 N–H and O–H groups in total. The molecule has 2 rings (SSSR count). The largest absolute Gasteiger partial charge is 0.264 e. The van der Waals surface area contributed by atoms with E-state index in [1.165, 1.54) is 19.3 Å². The maximum Gasteiger partial charge on any atom is 0.244 e. The molecular weight excluding hydrogens is 305 g/mol. The lowest BCUT2D eigenvalue weighted by atomic mass is 10.2. The number of nitrogens with zero attached hydrogens (tertiary/aromatic N) is 1. The Kier molecular flexibility index (Phi) is 4.29. The Hall–Kier alpha value is -1.93. The number of halogens is 3. The van der Waals surface area contributed by atoms with Crippen LogP contribution in [-0.4, -0.2) is 13.4 Å². The van der Waals surface area contributed by atoms with E-state index in [1.807, 2.05) is 0 Å². The third kappa shape index (κ3) is 3.40. The lowest BCUT2D eigenvalue weighted by Crippen LogP contribution is -2.28. The lowest BCUT2D eigenvalue weighted by molar-refractivity contribution is 0.480. The van der Waals surface area contributed by atoms with Crippen molar-refractivity contribution in [1.29, 1.82) is 0 Å². The van der Waals surface area contributed by atoms with Crippen LogP contribution in [0.3, 0.4) is 0 Å². The van der Waals surface area contributed by atoms with E-state index in [1.54, 1.807) is 12.1 Å². The fraction of sp³-hybridized carbons (Fsp3) is 0.154. The molecule has 0 bridgehead atoms. The molecule has 0 spiro atoms. The average molecular weight is 316 g/mol. The van der Waals surface area contributed by atoms with Crippen LogP contribution in [0.2, 0.25) is 0 Å². The quantitative estimate of drug-likeness (QED) is 0.882. The number of hydrogen-bond acceptors (Lipinski definition) is 3. The summed E-state index contributed by atoms with van der Waals surface area (Å²) in [5.74, 6) is -4.25. The molecule has 8 heteroatoms. The fourth-order valence-electron chi connectivity index (χ4n) is 1.71. The molecule has 4 nitrogen and oxygen atoms in total. The lowest BCUT2D eigenvalue weighted by Gasteiger charge is -2.14. The van der Waals surface area contributed by atoms with Crippen molar-refractivity contribution in [2.75, 3.05) is 0 Å². The number of nitrogens with one attached hydrogen (secondary N) is 1. The van der Waals surface area contributed by atoms with Gasteiger partial charge in [0.25, 0.3) is 0 Å². The maximum absolute atomic E-state index is 13.5. The number of pyridine rings is 1. The minimum Gasteiger partial charge on any atom is -0.264 e. The molecule has 0 fully saturated rings. The van der Waals surface area contributed by atoms with Gasteiger partial charge in [-0.1, -0.05) is 6.07 Å². The number of hydrogen-bond donors (Lipinski definition) is 1. The predicted molar refractivity (Wildman–Crippen MR) is 69.3 cm³/mol. The maximum atomic E-state index is 13.5. The Morgan fingerprint density at radius 1 is 1.14 bits per heavy atom. The van der Waals surface area contributed by atoms with Gasteiger partial charge in [-0.15, -0.1) is 0 Å². The van der Waals surface area contributed by atoms with Gasteiger partial charge < -0.3 is 0 Å². The van der Waals surface area contributed by atoms with Crippen molar-refractivity contribution in [2.45, 2.75) is 17.9 Å². The summed E-state index contributed by atoms with van der Waals surface area (Å²) in [4.78, 5) is 2.89. The molecule has 0 radical (unpaired) electrons. The molecular formula is C13H11F3N2O2S. The van der Waals surface area contributed by atoms with Crippen LogP contribution in [0.5, 0.6) is 0 Å². The molecule has 0 saturated carbocycles. The molecule has 0 aliphatic rings. The second kappa shape index (κ2) is 5.82. The van der Waals surface area contributed by atoms with Crippen LogP contribution < -0.4 is 4.72 Å². The van der Waals surface area contributed by atoms with Gasteiger partial charge in [0, 0.05) is 24.5 Å². The minimum atomic E-state index is -4.34. The first-order valence-corrected chi connectivity index (χ1v) is 7.36. The molecule has 1 aromatic heterocycles. The predicted octanol–water partition coefficient (Wildman–Crippen LogP) is 2.54. The second-order valence-corrected chi connectivity index (χ2v) is 6.01. The highest BCUT2D eigenvalue weighted by atomic mass is 32.2. The van der Waals surface area contributed by atoms with Gasteiger partial charge in [0.2, 0.25) is 10.0 Å². The highest BCUT2D eigenvalue weighted by Gasteiger charge is 2.24. The molecule has 0 aliphatic heterocycles. The minimum absolute atomic E-state index is 0.193. The van der Waals surface area contributed by atoms with Gasteiger partial charge in [0.1, 0.15) is 10.7 Å². The van der Waals surface area contributed by atoms with Crippen LogP contribution >= 0.6 is 0 Å². The van der Waals surface area contributed by atoms with Gasteiger partial charge in [0.15, 0.2) is 11.6 Å². The number of rotatable bonds is 4. The summed E-state index contributed by atoms with van der Waals surface area (Å²) in [6.07, 6.45) is 2.95. The van der Waals surface area contributed by atoms with E-state index >= 15 is 0 Å². The Balaban J connectivity index is 2.33. The monoisotopic (exact) mass is 316 g/mol. The van der Waals surface area contributed by atoms with E-state index in [0.717, 1.165) is 0 Å². The summed E-state index contributed by atoms with van der Waals surface area (Å²) < 4.78 is 65.7. The highest BCUT2D eigenvalue weighted by Crippen LogP contribution is 2.21. The molecule has 0 amide bonds. The van der Waals surface area contributed by atoms with E-state index in [0.29, 0.717) is 11.6 Å². The van der Waals surface area contributed by atoms with Crippen molar-refractivity contribution < 1.29 is 21.6 Å². The second-order valence-electron chi connectivity index (χ2n) is 4.33. The fourth-order valence-corrected chi connectivity index (χ4v) is 3.01. The van der Waals surface area contributed by atoms with Crippen molar-refractivity contribution >= 4 is 10.0 Å². The Bertz CT molecular complexity index is 752. The average Bonchev–Trinajstić information content (AvgIpc) is 2.43. The van der Waals surface area contributed by atoms with Crippen LogP contribution in [0.1, 0.15) is 18.5 Å². The third-order valence-corrected chi connectivity index (χ3v) is 4.34. The molecule has 0 saturated heterocycles. The van der Waals surface area contributed by atoms with E-state index in [9.17, 15) is 21.6 Å². The normalized spacial score (nSPS) is 13.1. The summed E-state index contributed by atoms with van der Waals surface area (Å²) in [5, 5.41) is 0. The van der Waals surface area contributed by atoms with Crippen LogP contribution in [0.4, 0.5) is 13.2 Å². The Morgan fingerprint density at radius 3 is 2.43 bits per heavy atom. The summed E-state index contributed by atoms with van der Waals surface area (Å²) >= 11 is 0. The Morgan fingerprint density at radius 2 is 1.81 bits per heavy atom. The van der Waals surface area contributed by atoms with Gasteiger partial charge >= 0.3 is 0 Å². The van der Waals surface area contributed by atoms with Gasteiger partial charge in [-0.2, -0.15) is 0 Å². The first kappa shape index (κ1) is 15.5. The van der Waals surface area contributed by atoms with E-state index in [4.69, 9.17) is 0 Å². The summed E-state index contributed by atoms with van der Waals surface area (Å²) in [5.41, 5.74) is 0.545. The first-order chi connectivity index (χ1) is 9.81. The van der Waals surface area contributed by atoms with Gasteiger partial charge in [0.05, 0.1) is 0 Å². The topological polar surface area (TPSA) is 59.1 Å². The van der Waals surface area contributed by atoms with Crippen LogP contribution in [0, 0.1) is 17.5 Å². The summed E-state index contributed by atoms with van der Waals surface area (Å²) in [6.45, 7) is 1.52. The van der Waals surface area contributed by atoms with Crippen molar-refractivity contribution in [3.63, 3.8) is 0 Å². The third-order valence-electron chi connectivity index (χ3n) is 2.78. The van der Waals surface area contributed by atoms with Crippen LogP contribution in [0.25, 0.3) is 0 Å². The molecule has 112 valence electrons. The number of benzene rings is 1. The van der Waals surface area contributed by atoms with E-state index in [2.05, 4.69) is 9.71 Å². The smallest absolute Gasteiger partial charge is 0.244 e. The number of sulfonamides is 1. The summed E-state index contributed by atoms with van der Waals surface area (Å²) in [7, 11) is -4.34. The van der Waals surface area contributed by atoms with Crippen molar-refractivity contribution in [3.8, 4) is 0 Å². The van der Waals surface area contributed by atoms with Gasteiger partial charge in [-0.25, -0.2) is 26.3 Å². The molecule has 1 heterocycles. The zero-order chi connectivity index (χ0) is 15.6. The first-order valence-electron chi connectivity index (χ1n) is 5.88. The molecule has 0 unspecified atom stereocenters. The standard InChI is InChI=1S/C13H11F3N2O2S/c1-8(9-3-2-4-17-7-9)18-21(19,20)13-6-11(15)10(14)5-12(13)16/h2-8,18H,1H3/t8-/m1/s1. The highest BCUT2D eigenvalue weighted by molar-refractivity contribution is 7.89. The molecule has 21 heavy (non-hydrogen) atoms. The molecule has 1 atom stereocenters. The zero-order valence-corrected chi connectivity index (χ0v) is 11.7. The SMILES string of the molecule is C[C@@H](NS(=O)(=O)c1cc(F)c(F)cc1F)c1cccnc1. The molecule has 1 aromatic carbocycles. The van der Waals surface area contributed by atoms with Gasteiger partial charge in [-0.05, 0) is 24.6 Å². The molecule has 0 aliphatic carbocycles. The van der Waals surface area contributed by atoms with Crippen molar-refractivity contribution in [3.05, 3.63) is 59.7 Å². The van der Waals surface area contributed by atoms with Gasteiger partial charge in [-0.3, -0.25) is 4.98 Å². The number of aromatic nitrogens is 1.